The first kappa shape index (κ1) is 19.0. The molecule has 0 saturated heterocycles. The zero-order valence-electron chi connectivity index (χ0n) is 15.0. The normalized spacial score (nSPS) is 10.4. The molecule has 0 fully saturated rings. The van der Waals surface area contributed by atoms with E-state index in [1.165, 1.54) is 7.11 Å². The third-order valence-corrected chi connectivity index (χ3v) is 4.20. The maximum Gasteiger partial charge on any atom is 0.274 e. The van der Waals surface area contributed by atoms with Crippen LogP contribution in [0.3, 0.4) is 0 Å². The molecule has 0 unspecified atom stereocenters. The first-order chi connectivity index (χ1) is 12.0. The Hall–Kier alpha value is -2.34. The van der Waals surface area contributed by atoms with E-state index >= 15 is 0 Å². The predicted octanol–water partition coefficient (Wildman–Crippen LogP) is 3.94. The summed E-state index contributed by atoms with van der Waals surface area (Å²) < 4.78 is 5.28. The maximum atomic E-state index is 12.6. The van der Waals surface area contributed by atoms with Crippen LogP contribution in [0.1, 0.15) is 35.8 Å². The summed E-state index contributed by atoms with van der Waals surface area (Å²) in [7, 11) is 3.44. The van der Waals surface area contributed by atoms with E-state index in [0.29, 0.717) is 28.1 Å². The van der Waals surface area contributed by atoms with Gasteiger partial charge in [0.1, 0.15) is 11.4 Å². The Kier molecular flexibility index (Phi) is 6.58. The average Bonchev–Trinajstić information content (AvgIpc) is 2.62. The molecule has 134 valence electrons. The number of aromatic nitrogens is 2. The highest BCUT2D eigenvalue weighted by Crippen LogP contribution is 2.31. The molecule has 1 aromatic carbocycles. The van der Waals surface area contributed by atoms with E-state index in [0.717, 1.165) is 24.9 Å². The van der Waals surface area contributed by atoms with Gasteiger partial charge in [-0.25, -0.2) is 9.97 Å². The van der Waals surface area contributed by atoms with Gasteiger partial charge in [-0.15, -0.1) is 0 Å². The fourth-order valence-electron chi connectivity index (χ4n) is 2.27. The summed E-state index contributed by atoms with van der Waals surface area (Å²) in [5.41, 5.74) is 1.69. The van der Waals surface area contributed by atoms with E-state index in [4.69, 9.17) is 16.3 Å². The van der Waals surface area contributed by atoms with E-state index in [1.807, 2.05) is 18.9 Å². The lowest BCUT2D eigenvalue weighted by atomic mass is 10.2. The minimum Gasteiger partial charge on any atom is -0.495 e. The second-order valence-corrected chi connectivity index (χ2v) is 6.18. The number of aryl methyl sites for hydroxylation is 1. The topological polar surface area (TPSA) is 67.4 Å². The number of anilines is 2. The fourth-order valence-corrected chi connectivity index (χ4v) is 2.42. The van der Waals surface area contributed by atoms with E-state index in [9.17, 15) is 4.79 Å². The van der Waals surface area contributed by atoms with Crippen molar-refractivity contribution >= 4 is 29.1 Å². The molecule has 1 aromatic heterocycles. The molecule has 0 aliphatic carbocycles. The van der Waals surface area contributed by atoms with Gasteiger partial charge in [0.25, 0.3) is 5.91 Å². The van der Waals surface area contributed by atoms with Crippen LogP contribution >= 0.6 is 11.6 Å². The van der Waals surface area contributed by atoms with Gasteiger partial charge in [0, 0.05) is 30.9 Å². The zero-order chi connectivity index (χ0) is 18.4. The van der Waals surface area contributed by atoms with Gasteiger partial charge in [-0.2, -0.15) is 0 Å². The van der Waals surface area contributed by atoms with Crippen LogP contribution in [0.25, 0.3) is 0 Å². The number of carbonyl (C=O) groups is 1. The summed E-state index contributed by atoms with van der Waals surface area (Å²) in [6.45, 7) is 4.83. The second kappa shape index (κ2) is 8.67. The van der Waals surface area contributed by atoms with Crippen LogP contribution in [0.2, 0.25) is 5.02 Å². The number of nitrogens with zero attached hydrogens (tertiary/aromatic N) is 3. The van der Waals surface area contributed by atoms with Crippen molar-refractivity contribution in [3.05, 3.63) is 40.7 Å². The van der Waals surface area contributed by atoms with Crippen LogP contribution < -0.4 is 15.0 Å². The van der Waals surface area contributed by atoms with E-state index in [2.05, 4.69) is 22.2 Å². The Bertz CT molecular complexity index is 752. The molecule has 2 aromatic rings. The number of carbonyl (C=O) groups excluding carboxylic acids is 1. The van der Waals surface area contributed by atoms with Gasteiger partial charge < -0.3 is 15.0 Å². The minimum atomic E-state index is -0.326. The van der Waals surface area contributed by atoms with Crippen LogP contribution in [0.15, 0.2) is 24.4 Å². The van der Waals surface area contributed by atoms with Crippen LogP contribution in [0.4, 0.5) is 11.6 Å². The Morgan fingerprint density at radius 2 is 2.16 bits per heavy atom. The largest absolute Gasteiger partial charge is 0.495 e. The Morgan fingerprint density at radius 3 is 2.84 bits per heavy atom. The van der Waals surface area contributed by atoms with Crippen molar-refractivity contribution in [2.24, 2.45) is 0 Å². The number of methoxy groups -OCH3 is 1. The maximum absolute atomic E-state index is 12.6. The van der Waals surface area contributed by atoms with Crippen LogP contribution in [-0.2, 0) is 0 Å². The monoisotopic (exact) mass is 362 g/mol. The van der Waals surface area contributed by atoms with Crippen molar-refractivity contribution in [1.29, 1.82) is 0 Å². The molecule has 0 radical (unpaired) electrons. The summed E-state index contributed by atoms with van der Waals surface area (Å²) >= 11 is 6.10. The number of nitrogens with one attached hydrogen (secondary N) is 1. The molecule has 0 saturated carbocycles. The predicted molar refractivity (Wildman–Crippen MR) is 101 cm³/mol. The Labute approximate surface area is 153 Å². The molecule has 7 heteroatoms. The smallest absolute Gasteiger partial charge is 0.274 e. The number of ether oxygens (including phenoxy) is 1. The van der Waals surface area contributed by atoms with Crippen LogP contribution in [0, 0.1) is 6.92 Å². The summed E-state index contributed by atoms with van der Waals surface area (Å²) in [6, 6.07) is 5.03. The molecule has 0 bridgehead atoms. The molecular weight excluding hydrogens is 340 g/mol. The van der Waals surface area contributed by atoms with Gasteiger partial charge in [-0.3, -0.25) is 4.79 Å². The standard InChI is InChI=1S/C18H23ClN4O2/c1-5-6-9-23(3)18-20-8-7-14(22-18)17(24)21-15-10-12(2)13(19)11-16(15)25-4/h7-8,10-11H,5-6,9H2,1-4H3,(H,21,24). The van der Waals surface area contributed by atoms with Crippen molar-refractivity contribution in [3.63, 3.8) is 0 Å². The Morgan fingerprint density at radius 1 is 1.40 bits per heavy atom. The van der Waals surface area contributed by atoms with Gasteiger partial charge in [-0.1, -0.05) is 24.9 Å². The number of hydrogen-bond acceptors (Lipinski definition) is 5. The van der Waals surface area contributed by atoms with Gasteiger partial charge in [0.2, 0.25) is 5.95 Å². The molecule has 1 N–H and O–H groups in total. The van der Waals surface area contributed by atoms with Crippen molar-refractivity contribution in [1.82, 2.24) is 9.97 Å². The van der Waals surface area contributed by atoms with E-state index < -0.39 is 0 Å². The average molecular weight is 363 g/mol. The van der Waals surface area contributed by atoms with E-state index in [-0.39, 0.29) is 5.91 Å². The number of unbranched alkanes of at least 4 members (excludes halogenated alkanes) is 1. The zero-order valence-corrected chi connectivity index (χ0v) is 15.7. The number of benzene rings is 1. The van der Waals surface area contributed by atoms with Crippen LogP contribution in [-0.4, -0.2) is 36.6 Å². The highest BCUT2D eigenvalue weighted by molar-refractivity contribution is 6.31. The summed E-state index contributed by atoms with van der Waals surface area (Å²) in [5.74, 6) is 0.700. The van der Waals surface area contributed by atoms with Gasteiger partial charge in [-0.05, 0) is 31.0 Å². The lowest BCUT2D eigenvalue weighted by molar-refractivity contribution is 0.102. The number of hydrogen-bond donors (Lipinski definition) is 1. The SMILES string of the molecule is CCCCN(C)c1nccc(C(=O)Nc2cc(C)c(Cl)cc2OC)n1. The molecule has 6 nitrogen and oxygen atoms in total. The molecular formula is C18H23ClN4O2. The molecule has 0 atom stereocenters. The third kappa shape index (κ3) is 4.82. The molecule has 0 aliphatic heterocycles. The summed E-state index contributed by atoms with van der Waals surface area (Å²) in [5, 5.41) is 3.40. The fraction of sp³-hybridized carbons (Fsp3) is 0.389. The van der Waals surface area contributed by atoms with Gasteiger partial charge in [0.15, 0.2) is 0 Å². The first-order valence-electron chi connectivity index (χ1n) is 8.16. The van der Waals surface area contributed by atoms with Crippen molar-refractivity contribution < 1.29 is 9.53 Å². The molecule has 0 aliphatic rings. The number of amides is 1. The molecule has 1 amide bonds. The lowest BCUT2D eigenvalue weighted by Gasteiger charge is -2.17. The minimum absolute atomic E-state index is 0.294. The molecule has 1 heterocycles. The van der Waals surface area contributed by atoms with Gasteiger partial charge in [0.05, 0.1) is 12.8 Å². The summed E-state index contributed by atoms with van der Waals surface area (Å²) in [6.07, 6.45) is 3.71. The third-order valence-electron chi connectivity index (χ3n) is 3.79. The molecule has 0 spiro atoms. The van der Waals surface area contributed by atoms with Gasteiger partial charge >= 0.3 is 0 Å². The molecule has 2 rings (SSSR count). The quantitative estimate of drug-likeness (QED) is 0.808. The van der Waals surface area contributed by atoms with Crippen LogP contribution in [0.5, 0.6) is 5.75 Å². The Balaban J connectivity index is 2.20. The second-order valence-electron chi connectivity index (χ2n) is 5.77. The van der Waals surface area contributed by atoms with E-state index in [1.54, 1.807) is 24.4 Å². The number of rotatable bonds is 7. The van der Waals surface area contributed by atoms with Crippen molar-refractivity contribution in [3.8, 4) is 5.75 Å². The highest BCUT2D eigenvalue weighted by Gasteiger charge is 2.14. The van der Waals surface area contributed by atoms with Crippen molar-refractivity contribution in [2.75, 3.05) is 30.9 Å². The number of halogens is 1. The molecule has 25 heavy (non-hydrogen) atoms. The lowest BCUT2D eigenvalue weighted by Crippen LogP contribution is -2.23. The highest BCUT2D eigenvalue weighted by atomic mass is 35.5. The summed E-state index contributed by atoms with van der Waals surface area (Å²) in [4.78, 5) is 23.1. The first-order valence-corrected chi connectivity index (χ1v) is 8.53. The van der Waals surface area contributed by atoms with Crippen molar-refractivity contribution in [2.45, 2.75) is 26.7 Å².